The summed E-state index contributed by atoms with van der Waals surface area (Å²) in [6.45, 7) is 7.95. The molecule has 116 valence electrons. The van der Waals surface area contributed by atoms with Crippen molar-refractivity contribution in [1.29, 1.82) is 0 Å². The van der Waals surface area contributed by atoms with Gasteiger partial charge in [-0.3, -0.25) is 9.59 Å². The lowest BCUT2D eigenvalue weighted by molar-refractivity contribution is -0.116. The van der Waals surface area contributed by atoms with Crippen molar-refractivity contribution in [2.45, 2.75) is 51.7 Å². The van der Waals surface area contributed by atoms with Crippen LogP contribution in [0.25, 0.3) is 0 Å². The Kier molecular flexibility index (Phi) is 3.42. The van der Waals surface area contributed by atoms with Crippen molar-refractivity contribution >= 4 is 30.0 Å². The molecule has 1 fully saturated rings. The molecule has 0 radical (unpaired) electrons. The summed E-state index contributed by atoms with van der Waals surface area (Å²) in [7, 11) is -0.512. The molecule has 2 aliphatic rings. The number of hydrogen-bond donors (Lipinski definition) is 1. The fourth-order valence-corrected chi connectivity index (χ4v) is 2.60. The molecular formula is C16H20BNO4. The van der Waals surface area contributed by atoms with Crippen molar-refractivity contribution in [1.82, 2.24) is 0 Å². The van der Waals surface area contributed by atoms with Gasteiger partial charge in [-0.2, -0.15) is 0 Å². The maximum Gasteiger partial charge on any atom is 0.494 e. The summed E-state index contributed by atoms with van der Waals surface area (Å²) in [5.41, 5.74) is 1.03. The van der Waals surface area contributed by atoms with Crippen LogP contribution in [0.4, 0.5) is 5.69 Å². The summed E-state index contributed by atoms with van der Waals surface area (Å²) in [5, 5.41) is 2.76. The highest BCUT2D eigenvalue weighted by Crippen LogP contribution is 2.36. The van der Waals surface area contributed by atoms with Gasteiger partial charge in [0, 0.05) is 18.4 Å². The van der Waals surface area contributed by atoms with Gasteiger partial charge in [0.2, 0.25) is 5.91 Å². The van der Waals surface area contributed by atoms with Crippen LogP contribution < -0.4 is 10.8 Å². The summed E-state index contributed by atoms with van der Waals surface area (Å²) >= 11 is 0. The molecule has 0 bridgehead atoms. The van der Waals surface area contributed by atoms with Crippen molar-refractivity contribution in [3.8, 4) is 0 Å². The zero-order valence-electron chi connectivity index (χ0n) is 13.4. The fraction of sp³-hybridized carbons (Fsp3) is 0.500. The molecule has 0 spiro atoms. The summed E-state index contributed by atoms with van der Waals surface area (Å²) < 4.78 is 12.0. The van der Waals surface area contributed by atoms with Crippen LogP contribution >= 0.6 is 0 Å². The van der Waals surface area contributed by atoms with E-state index >= 15 is 0 Å². The van der Waals surface area contributed by atoms with Gasteiger partial charge >= 0.3 is 7.12 Å². The Hall–Kier alpha value is -1.66. The highest BCUT2D eigenvalue weighted by Gasteiger charge is 2.51. The smallest absolute Gasteiger partial charge is 0.399 e. The van der Waals surface area contributed by atoms with Gasteiger partial charge in [-0.05, 0) is 45.3 Å². The third-order valence-electron chi connectivity index (χ3n) is 4.72. The Bertz CT molecular complexity index is 638. The monoisotopic (exact) mass is 301 g/mol. The second-order valence-corrected chi connectivity index (χ2v) is 6.86. The zero-order valence-corrected chi connectivity index (χ0v) is 13.4. The number of Topliss-reactive ketones (excluding diaryl/α,β-unsaturated/α-hetero) is 1. The summed E-state index contributed by atoms with van der Waals surface area (Å²) in [6.07, 6.45) is 0.449. The number of fused-ring (bicyclic) bond motifs is 1. The Balaban J connectivity index is 1.95. The van der Waals surface area contributed by atoms with Gasteiger partial charge in [-0.15, -0.1) is 0 Å². The fourth-order valence-electron chi connectivity index (χ4n) is 2.60. The molecule has 0 aromatic heterocycles. The van der Waals surface area contributed by atoms with E-state index in [4.69, 9.17) is 9.31 Å². The van der Waals surface area contributed by atoms with Gasteiger partial charge in [0.1, 0.15) is 0 Å². The molecule has 5 nitrogen and oxygen atoms in total. The van der Waals surface area contributed by atoms with Crippen LogP contribution in [0, 0.1) is 0 Å². The number of anilines is 1. The second kappa shape index (κ2) is 4.93. The van der Waals surface area contributed by atoms with E-state index in [-0.39, 0.29) is 24.5 Å². The van der Waals surface area contributed by atoms with Gasteiger partial charge in [-0.1, -0.05) is 6.07 Å². The molecule has 1 saturated heterocycles. The third kappa shape index (κ3) is 2.46. The minimum absolute atomic E-state index is 0.0354. The van der Waals surface area contributed by atoms with Crippen LogP contribution in [-0.2, 0) is 14.1 Å². The molecule has 0 aliphatic carbocycles. The molecular weight excluding hydrogens is 281 g/mol. The van der Waals surface area contributed by atoms with E-state index in [0.29, 0.717) is 11.3 Å². The van der Waals surface area contributed by atoms with Gasteiger partial charge in [0.05, 0.1) is 16.9 Å². The van der Waals surface area contributed by atoms with Crippen LogP contribution in [0.5, 0.6) is 0 Å². The number of rotatable bonds is 1. The minimum Gasteiger partial charge on any atom is -0.399 e. The molecule has 0 atom stereocenters. The molecule has 1 aromatic carbocycles. The predicted octanol–water partition coefficient (Wildman–Crippen LogP) is 1.90. The second-order valence-electron chi connectivity index (χ2n) is 6.86. The number of hydrogen-bond acceptors (Lipinski definition) is 4. The Labute approximate surface area is 130 Å². The van der Waals surface area contributed by atoms with E-state index < -0.39 is 18.3 Å². The molecule has 2 aliphatic heterocycles. The number of amides is 1. The average Bonchev–Trinajstić information content (AvgIpc) is 2.55. The predicted molar refractivity (Wildman–Crippen MR) is 84.4 cm³/mol. The van der Waals surface area contributed by atoms with E-state index in [9.17, 15) is 9.59 Å². The van der Waals surface area contributed by atoms with Gasteiger partial charge in [0.15, 0.2) is 5.78 Å². The van der Waals surface area contributed by atoms with Crippen LogP contribution in [0.3, 0.4) is 0 Å². The first-order valence-corrected chi connectivity index (χ1v) is 7.52. The molecule has 1 N–H and O–H groups in total. The van der Waals surface area contributed by atoms with Crippen LogP contribution in [0.1, 0.15) is 50.9 Å². The molecule has 0 saturated carbocycles. The molecule has 3 rings (SSSR count). The number of nitrogens with one attached hydrogen (secondary N) is 1. The van der Waals surface area contributed by atoms with E-state index in [0.717, 1.165) is 5.46 Å². The number of carbonyl (C=O) groups is 2. The van der Waals surface area contributed by atoms with Gasteiger partial charge in [0.25, 0.3) is 0 Å². The first-order chi connectivity index (χ1) is 10.2. The minimum atomic E-state index is -0.512. The molecule has 2 heterocycles. The normalized spacial score (nSPS) is 23.0. The van der Waals surface area contributed by atoms with E-state index in [1.165, 1.54) is 0 Å². The van der Waals surface area contributed by atoms with Crippen molar-refractivity contribution in [3.05, 3.63) is 23.8 Å². The van der Waals surface area contributed by atoms with Crippen LogP contribution in [0.2, 0.25) is 0 Å². The lowest BCUT2D eigenvalue weighted by atomic mass is 9.78. The quantitative estimate of drug-likeness (QED) is 0.805. The number of carbonyl (C=O) groups excluding carboxylic acids is 2. The van der Waals surface area contributed by atoms with Gasteiger partial charge in [-0.25, -0.2) is 0 Å². The number of benzene rings is 1. The third-order valence-corrected chi connectivity index (χ3v) is 4.72. The highest BCUT2D eigenvalue weighted by molar-refractivity contribution is 6.62. The number of ketones is 1. The standard InChI is InChI=1S/C16H20BNO4/c1-15(2)16(3,4)22-17(21-15)10-5-6-12-11(9-10)13(19)7-8-14(20)18-12/h5-6,9H,7-8H2,1-4H3,(H,18,20). The van der Waals surface area contributed by atoms with Crippen molar-refractivity contribution < 1.29 is 18.9 Å². The highest BCUT2D eigenvalue weighted by atomic mass is 16.7. The van der Waals surface area contributed by atoms with E-state index in [2.05, 4.69) is 5.32 Å². The summed E-state index contributed by atoms with van der Waals surface area (Å²) in [6, 6.07) is 5.35. The lowest BCUT2D eigenvalue weighted by Gasteiger charge is -2.32. The SMILES string of the molecule is CC1(C)OB(c2ccc3c(c2)C(=O)CCC(=O)N3)OC1(C)C. The molecule has 0 unspecified atom stereocenters. The van der Waals surface area contributed by atoms with Gasteiger partial charge < -0.3 is 14.6 Å². The summed E-state index contributed by atoms with van der Waals surface area (Å²) in [4.78, 5) is 23.8. The van der Waals surface area contributed by atoms with Crippen LogP contribution in [-0.4, -0.2) is 30.0 Å². The Morgan fingerprint density at radius 2 is 1.68 bits per heavy atom. The molecule has 6 heteroatoms. The first kappa shape index (κ1) is 15.2. The summed E-state index contributed by atoms with van der Waals surface area (Å²) in [5.74, 6) is -0.165. The van der Waals surface area contributed by atoms with Crippen molar-refractivity contribution in [3.63, 3.8) is 0 Å². The zero-order chi connectivity index (χ0) is 16.1. The average molecular weight is 301 g/mol. The largest absolute Gasteiger partial charge is 0.494 e. The van der Waals surface area contributed by atoms with Crippen molar-refractivity contribution in [2.24, 2.45) is 0 Å². The van der Waals surface area contributed by atoms with E-state index in [1.807, 2.05) is 33.8 Å². The van der Waals surface area contributed by atoms with E-state index in [1.54, 1.807) is 12.1 Å². The first-order valence-electron chi connectivity index (χ1n) is 7.52. The maximum absolute atomic E-state index is 12.2. The molecule has 22 heavy (non-hydrogen) atoms. The molecule has 1 amide bonds. The lowest BCUT2D eigenvalue weighted by Crippen LogP contribution is -2.41. The topological polar surface area (TPSA) is 64.6 Å². The Morgan fingerprint density at radius 3 is 2.32 bits per heavy atom. The maximum atomic E-state index is 12.2. The molecule has 1 aromatic rings. The van der Waals surface area contributed by atoms with Crippen LogP contribution in [0.15, 0.2) is 18.2 Å². The van der Waals surface area contributed by atoms with Crippen molar-refractivity contribution in [2.75, 3.05) is 5.32 Å². The Morgan fingerprint density at radius 1 is 1.05 bits per heavy atom.